The Kier molecular flexibility index (Phi) is 5.98. The number of methoxy groups -OCH3 is 1. The van der Waals surface area contributed by atoms with E-state index in [9.17, 15) is 0 Å². The van der Waals surface area contributed by atoms with Crippen LogP contribution in [0.2, 0.25) is 0 Å². The molecule has 1 atom stereocenters. The lowest BCUT2D eigenvalue weighted by Crippen LogP contribution is -2.42. The van der Waals surface area contributed by atoms with E-state index in [-0.39, 0.29) is 17.7 Å². The summed E-state index contributed by atoms with van der Waals surface area (Å²) in [7, 11) is 1.66. The van der Waals surface area contributed by atoms with Gasteiger partial charge in [0.15, 0.2) is 5.11 Å². The molecule has 0 bridgehead atoms. The first-order valence-electron chi connectivity index (χ1n) is 9.47. The summed E-state index contributed by atoms with van der Waals surface area (Å²) in [5, 5.41) is 7.24. The third kappa shape index (κ3) is 5.07. The topological polar surface area (TPSA) is 51.8 Å². The lowest BCUT2D eigenvalue weighted by atomic mass is 9.89. The number of rotatable bonds is 5. The van der Waals surface area contributed by atoms with E-state index in [2.05, 4.69) is 24.5 Å². The van der Waals surface area contributed by atoms with Crippen molar-refractivity contribution in [2.24, 2.45) is 0 Å². The normalized spacial score (nSPS) is 17.3. The van der Waals surface area contributed by atoms with Crippen LogP contribution in [0.1, 0.15) is 45.7 Å². The van der Waals surface area contributed by atoms with E-state index < -0.39 is 0 Å². The summed E-state index contributed by atoms with van der Waals surface area (Å²) in [5.41, 5.74) is 1.67. The summed E-state index contributed by atoms with van der Waals surface area (Å²) < 4.78 is 17.2. The molecule has 5 nitrogen and oxygen atoms in total. The first kappa shape index (κ1) is 20.3. The fourth-order valence-electron chi connectivity index (χ4n) is 3.30. The number of hydrogen-bond acceptors (Lipinski definition) is 4. The largest absolute Gasteiger partial charge is 0.497 e. The minimum atomic E-state index is -0.287. The summed E-state index contributed by atoms with van der Waals surface area (Å²) in [6, 6.07) is 13.7. The second-order valence-corrected chi connectivity index (χ2v) is 8.22. The summed E-state index contributed by atoms with van der Waals surface area (Å²) in [4.78, 5) is 0. The molecule has 2 aromatic rings. The average molecular weight is 401 g/mol. The Labute approximate surface area is 172 Å². The van der Waals surface area contributed by atoms with Crippen LogP contribution in [0.15, 0.2) is 42.5 Å². The fraction of sp³-hybridized carbons (Fsp3) is 0.409. The lowest BCUT2D eigenvalue weighted by molar-refractivity contribution is 0.0695. The van der Waals surface area contributed by atoms with Gasteiger partial charge in [-0.25, -0.2) is 0 Å². The van der Waals surface area contributed by atoms with Gasteiger partial charge < -0.3 is 24.8 Å². The zero-order chi connectivity index (χ0) is 20.3. The van der Waals surface area contributed by atoms with Gasteiger partial charge in [-0.3, -0.25) is 0 Å². The Hall–Kier alpha value is -2.47. The highest BCUT2D eigenvalue weighted by Gasteiger charge is 2.34. The predicted molar refractivity (Wildman–Crippen MR) is 117 cm³/mol. The molecule has 150 valence electrons. The quantitative estimate of drug-likeness (QED) is 0.684. The van der Waals surface area contributed by atoms with Crippen molar-refractivity contribution in [1.82, 2.24) is 5.32 Å². The number of anilines is 1. The van der Waals surface area contributed by atoms with Gasteiger partial charge >= 0.3 is 0 Å². The first-order valence-corrected chi connectivity index (χ1v) is 9.88. The lowest BCUT2D eigenvalue weighted by Gasteiger charge is -2.38. The fourth-order valence-corrected chi connectivity index (χ4v) is 3.56. The molecule has 0 saturated heterocycles. The minimum Gasteiger partial charge on any atom is -0.497 e. The molecule has 2 aromatic carbocycles. The van der Waals surface area contributed by atoms with Crippen LogP contribution in [0.3, 0.4) is 0 Å². The number of thiocarbonyl (C=S) groups is 1. The number of hydrogen-bond donors (Lipinski definition) is 2. The number of ether oxygens (including phenoxy) is 3. The van der Waals surface area contributed by atoms with E-state index in [1.807, 2.05) is 56.3 Å². The van der Waals surface area contributed by atoms with Crippen molar-refractivity contribution in [2.45, 2.75) is 51.9 Å². The van der Waals surface area contributed by atoms with Gasteiger partial charge in [-0.15, -0.1) is 0 Å². The van der Waals surface area contributed by atoms with Crippen LogP contribution in [0.25, 0.3) is 0 Å². The third-order valence-electron chi connectivity index (χ3n) is 4.46. The zero-order valence-electron chi connectivity index (χ0n) is 17.0. The monoisotopic (exact) mass is 400 g/mol. The first-order chi connectivity index (χ1) is 13.3. The van der Waals surface area contributed by atoms with Crippen LogP contribution in [0.5, 0.6) is 17.2 Å². The molecule has 0 spiro atoms. The molecule has 1 aliphatic rings. The molecule has 2 N–H and O–H groups in total. The van der Waals surface area contributed by atoms with E-state index in [0.717, 1.165) is 34.9 Å². The predicted octanol–water partition coefficient (Wildman–Crippen LogP) is 5.07. The third-order valence-corrected chi connectivity index (χ3v) is 4.68. The molecule has 28 heavy (non-hydrogen) atoms. The average Bonchev–Trinajstić information content (AvgIpc) is 2.62. The zero-order valence-corrected chi connectivity index (χ0v) is 17.9. The molecule has 1 heterocycles. The van der Waals surface area contributed by atoms with Gasteiger partial charge in [0.1, 0.15) is 22.8 Å². The Balaban J connectivity index is 1.71. The van der Waals surface area contributed by atoms with Crippen LogP contribution < -0.4 is 24.8 Å². The van der Waals surface area contributed by atoms with E-state index in [1.54, 1.807) is 7.11 Å². The van der Waals surface area contributed by atoms with Crippen molar-refractivity contribution in [3.63, 3.8) is 0 Å². The second kappa shape index (κ2) is 8.27. The molecule has 1 aliphatic heterocycles. The van der Waals surface area contributed by atoms with Crippen molar-refractivity contribution in [2.75, 3.05) is 12.4 Å². The van der Waals surface area contributed by atoms with Crippen molar-refractivity contribution in [3.05, 3.63) is 48.0 Å². The molecule has 0 aliphatic carbocycles. The van der Waals surface area contributed by atoms with Gasteiger partial charge in [-0.05, 0) is 82.4 Å². The molecule has 0 saturated carbocycles. The second-order valence-electron chi connectivity index (χ2n) is 7.81. The maximum absolute atomic E-state index is 6.12. The van der Waals surface area contributed by atoms with E-state index in [1.165, 1.54) is 0 Å². The van der Waals surface area contributed by atoms with Crippen molar-refractivity contribution in [1.29, 1.82) is 0 Å². The SMILES string of the molecule is COc1ccc2c(c1)[C@@H](NC(=S)Nc1ccc(OC(C)C)cc1)CC(C)(C)O2. The molecule has 0 unspecified atom stereocenters. The maximum Gasteiger partial charge on any atom is 0.171 e. The van der Waals surface area contributed by atoms with E-state index in [4.69, 9.17) is 26.4 Å². The molecule has 3 rings (SSSR count). The molecule has 0 radical (unpaired) electrons. The summed E-state index contributed by atoms with van der Waals surface area (Å²) >= 11 is 5.56. The van der Waals surface area contributed by atoms with E-state index >= 15 is 0 Å². The number of benzene rings is 2. The van der Waals surface area contributed by atoms with Gasteiger partial charge in [-0.2, -0.15) is 0 Å². The van der Waals surface area contributed by atoms with Crippen LogP contribution >= 0.6 is 12.2 Å². The standard InChI is InChI=1S/C22H28N2O3S/c1-14(2)26-16-8-6-15(7-9-16)23-21(28)24-19-13-22(3,4)27-20-11-10-17(25-5)12-18(19)20/h6-12,14,19H,13H2,1-5H3,(H2,23,24,28)/t19-/m0/s1. The Morgan fingerprint density at radius 1 is 1.14 bits per heavy atom. The van der Waals surface area contributed by atoms with Crippen LogP contribution in [0, 0.1) is 0 Å². The van der Waals surface area contributed by atoms with Gasteiger partial charge in [0.05, 0.1) is 19.3 Å². The molecule has 0 aromatic heterocycles. The van der Waals surface area contributed by atoms with Crippen LogP contribution in [-0.4, -0.2) is 23.9 Å². The Bertz CT molecular complexity index is 834. The minimum absolute atomic E-state index is 0.0254. The summed E-state index contributed by atoms with van der Waals surface area (Å²) in [5.74, 6) is 2.49. The molecular weight excluding hydrogens is 372 g/mol. The number of fused-ring (bicyclic) bond motifs is 1. The highest BCUT2D eigenvalue weighted by molar-refractivity contribution is 7.80. The number of nitrogens with one attached hydrogen (secondary N) is 2. The summed E-state index contributed by atoms with van der Waals surface area (Å²) in [6.07, 6.45) is 0.936. The highest BCUT2D eigenvalue weighted by Crippen LogP contribution is 2.41. The highest BCUT2D eigenvalue weighted by atomic mass is 32.1. The van der Waals surface area contributed by atoms with Crippen LogP contribution in [-0.2, 0) is 0 Å². The van der Waals surface area contributed by atoms with Gasteiger partial charge in [0.2, 0.25) is 0 Å². The summed E-state index contributed by atoms with van der Waals surface area (Å²) in [6.45, 7) is 8.18. The molecule has 6 heteroatoms. The maximum atomic E-state index is 6.12. The van der Waals surface area contributed by atoms with Crippen molar-refractivity contribution in [3.8, 4) is 17.2 Å². The smallest absolute Gasteiger partial charge is 0.171 e. The van der Waals surface area contributed by atoms with Gasteiger partial charge in [-0.1, -0.05) is 0 Å². The van der Waals surface area contributed by atoms with Crippen molar-refractivity contribution >= 4 is 23.0 Å². The van der Waals surface area contributed by atoms with E-state index in [0.29, 0.717) is 5.11 Å². The van der Waals surface area contributed by atoms with Gasteiger partial charge in [0.25, 0.3) is 0 Å². The van der Waals surface area contributed by atoms with Gasteiger partial charge in [0, 0.05) is 17.7 Å². The Morgan fingerprint density at radius 3 is 2.46 bits per heavy atom. The molecule has 0 amide bonds. The van der Waals surface area contributed by atoms with Crippen molar-refractivity contribution < 1.29 is 14.2 Å². The van der Waals surface area contributed by atoms with Crippen LogP contribution in [0.4, 0.5) is 5.69 Å². The molecular formula is C22H28N2O3S. The Morgan fingerprint density at radius 2 is 1.82 bits per heavy atom. The molecule has 0 fully saturated rings.